The number of nitrogens with zero attached hydrogens (tertiary/aromatic N) is 3. The molecule has 1 saturated heterocycles. The number of rotatable bonds is 3. The van der Waals surface area contributed by atoms with E-state index in [2.05, 4.69) is 15.2 Å². The number of likely N-dealkylation sites (N-methyl/N-ethyl adjacent to an activating group) is 1. The SMILES string of the molecule is Cc1nc(CNC(=O)N2CCN(C)CC2C)sc1C(=O)O. The quantitative estimate of drug-likeness (QED) is 0.869. The van der Waals surface area contributed by atoms with Crippen molar-refractivity contribution < 1.29 is 14.7 Å². The summed E-state index contributed by atoms with van der Waals surface area (Å²) in [7, 11) is 2.04. The van der Waals surface area contributed by atoms with Gasteiger partial charge in [0.1, 0.15) is 9.88 Å². The van der Waals surface area contributed by atoms with Crippen LogP contribution in [0.2, 0.25) is 0 Å². The number of thiazole rings is 1. The Morgan fingerprint density at radius 3 is 2.76 bits per heavy atom. The molecule has 0 bridgehead atoms. The largest absolute Gasteiger partial charge is 0.477 e. The summed E-state index contributed by atoms with van der Waals surface area (Å²) in [6.07, 6.45) is 0. The van der Waals surface area contributed by atoms with Gasteiger partial charge in [0.05, 0.1) is 12.2 Å². The molecule has 1 aliphatic heterocycles. The van der Waals surface area contributed by atoms with Crippen molar-refractivity contribution in [1.29, 1.82) is 0 Å². The van der Waals surface area contributed by atoms with E-state index in [0.29, 0.717) is 17.2 Å². The number of aryl methyl sites for hydroxylation is 1. The van der Waals surface area contributed by atoms with Gasteiger partial charge in [0.15, 0.2) is 0 Å². The van der Waals surface area contributed by atoms with E-state index in [0.717, 1.165) is 24.4 Å². The highest BCUT2D eigenvalue weighted by atomic mass is 32.1. The summed E-state index contributed by atoms with van der Waals surface area (Å²) in [6, 6.07) is 0.0386. The average molecular weight is 312 g/mol. The molecule has 2 N–H and O–H groups in total. The van der Waals surface area contributed by atoms with Gasteiger partial charge in [-0.25, -0.2) is 14.6 Å². The molecule has 116 valence electrons. The molecule has 8 heteroatoms. The summed E-state index contributed by atoms with van der Waals surface area (Å²) >= 11 is 1.11. The first-order valence-electron chi connectivity index (χ1n) is 6.81. The molecule has 7 nitrogen and oxygen atoms in total. The van der Waals surface area contributed by atoms with Crippen molar-refractivity contribution in [3.05, 3.63) is 15.6 Å². The van der Waals surface area contributed by atoms with Crippen molar-refractivity contribution in [3.63, 3.8) is 0 Å². The Kier molecular flexibility index (Phi) is 4.79. The number of hydrogen-bond acceptors (Lipinski definition) is 5. The number of amides is 2. The molecule has 1 atom stereocenters. The molecule has 1 aromatic heterocycles. The summed E-state index contributed by atoms with van der Waals surface area (Å²) in [5, 5.41) is 12.4. The number of aromatic nitrogens is 1. The Morgan fingerprint density at radius 1 is 1.48 bits per heavy atom. The van der Waals surface area contributed by atoms with Crippen LogP contribution in [0.3, 0.4) is 0 Å². The summed E-state index contributed by atoms with van der Waals surface area (Å²) in [5.41, 5.74) is 0.490. The van der Waals surface area contributed by atoms with Crippen molar-refractivity contribution in [2.75, 3.05) is 26.7 Å². The van der Waals surface area contributed by atoms with Crippen LogP contribution in [0.5, 0.6) is 0 Å². The van der Waals surface area contributed by atoms with Gasteiger partial charge >= 0.3 is 12.0 Å². The number of nitrogens with one attached hydrogen (secondary N) is 1. The van der Waals surface area contributed by atoms with Crippen LogP contribution in [0.1, 0.15) is 27.3 Å². The van der Waals surface area contributed by atoms with E-state index in [-0.39, 0.29) is 23.5 Å². The highest BCUT2D eigenvalue weighted by molar-refractivity contribution is 7.13. The first-order chi connectivity index (χ1) is 9.88. The Balaban J connectivity index is 1.92. The lowest BCUT2D eigenvalue weighted by molar-refractivity contribution is 0.0701. The number of carboxylic acids is 1. The zero-order valence-electron chi connectivity index (χ0n) is 12.4. The van der Waals surface area contributed by atoms with E-state index in [4.69, 9.17) is 5.11 Å². The van der Waals surface area contributed by atoms with Gasteiger partial charge < -0.3 is 20.2 Å². The third kappa shape index (κ3) is 3.70. The van der Waals surface area contributed by atoms with Crippen LogP contribution < -0.4 is 5.32 Å². The lowest BCUT2D eigenvalue weighted by atomic mass is 10.2. The highest BCUT2D eigenvalue weighted by Gasteiger charge is 2.25. The van der Waals surface area contributed by atoms with Crippen LogP contribution in [0.15, 0.2) is 0 Å². The number of hydrogen-bond donors (Lipinski definition) is 2. The van der Waals surface area contributed by atoms with Gasteiger partial charge in [-0.1, -0.05) is 0 Å². The van der Waals surface area contributed by atoms with Gasteiger partial charge in [-0.2, -0.15) is 0 Å². The van der Waals surface area contributed by atoms with Crippen molar-refractivity contribution >= 4 is 23.3 Å². The third-order valence-corrected chi connectivity index (χ3v) is 4.66. The lowest BCUT2D eigenvalue weighted by Gasteiger charge is -2.38. The number of carboxylic acid groups (broad SMARTS) is 1. The summed E-state index contributed by atoms with van der Waals surface area (Å²) in [4.78, 5) is 31.5. The van der Waals surface area contributed by atoms with Gasteiger partial charge in [-0.05, 0) is 20.9 Å². The molecule has 0 aliphatic carbocycles. The van der Waals surface area contributed by atoms with Gasteiger partial charge in [0.25, 0.3) is 0 Å². The average Bonchev–Trinajstić information content (AvgIpc) is 2.77. The van der Waals surface area contributed by atoms with Crippen LogP contribution in [-0.2, 0) is 6.54 Å². The number of piperazine rings is 1. The molecule has 0 aromatic carbocycles. The number of urea groups is 1. The van der Waals surface area contributed by atoms with Crippen LogP contribution in [0, 0.1) is 6.92 Å². The number of aromatic carboxylic acids is 1. The Labute approximate surface area is 127 Å². The molecule has 21 heavy (non-hydrogen) atoms. The van der Waals surface area contributed by atoms with Crippen molar-refractivity contribution in [2.24, 2.45) is 0 Å². The molecule has 1 aliphatic rings. The van der Waals surface area contributed by atoms with Crippen LogP contribution in [-0.4, -0.2) is 64.6 Å². The van der Waals surface area contributed by atoms with Gasteiger partial charge in [0, 0.05) is 25.7 Å². The molecule has 1 unspecified atom stereocenters. The molecule has 2 heterocycles. The minimum absolute atomic E-state index is 0.125. The maximum atomic E-state index is 12.2. The lowest BCUT2D eigenvalue weighted by Crippen LogP contribution is -2.55. The fraction of sp³-hybridized carbons (Fsp3) is 0.615. The summed E-state index contributed by atoms with van der Waals surface area (Å²) in [5.74, 6) is -0.977. The van der Waals surface area contributed by atoms with E-state index in [1.807, 2.05) is 14.0 Å². The molecular weight excluding hydrogens is 292 g/mol. The van der Waals surface area contributed by atoms with E-state index in [1.165, 1.54) is 0 Å². The Hall–Kier alpha value is -1.67. The predicted molar refractivity (Wildman–Crippen MR) is 79.7 cm³/mol. The van der Waals surface area contributed by atoms with E-state index in [9.17, 15) is 9.59 Å². The van der Waals surface area contributed by atoms with Gasteiger partial charge in [0.2, 0.25) is 0 Å². The fourth-order valence-corrected chi connectivity index (χ4v) is 3.26. The molecule has 0 radical (unpaired) electrons. The highest BCUT2D eigenvalue weighted by Crippen LogP contribution is 2.18. The monoisotopic (exact) mass is 312 g/mol. The van der Waals surface area contributed by atoms with E-state index < -0.39 is 5.97 Å². The maximum Gasteiger partial charge on any atom is 0.347 e. The first-order valence-corrected chi connectivity index (χ1v) is 7.62. The normalized spacial score (nSPS) is 19.6. The summed E-state index contributed by atoms with van der Waals surface area (Å²) < 4.78 is 0. The van der Waals surface area contributed by atoms with Gasteiger partial charge in [-0.15, -0.1) is 11.3 Å². The summed E-state index contributed by atoms with van der Waals surface area (Å²) in [6.45, 7) is 6.35. The topological polar surface area (TPSA) is 85.8 Å². The van der Waals surface area contributed by atoms with Crippen molar-refractivity contribution in [3.8, 4) is 0 Å². The molecule has 0 saturated carbocycles. The van der Waals surface area contributed by atoms with Crippen molar-refractivity contribution in [2.45, 2.75) is 26.4 Å². The second kappa shape index (κ2) is 6.40. The molecule has 0 spiro atoms. The second-order valence-electron chi connectivity index (χ2n) is 5.29. The molecular formula is C13H20N4O3S. The number of carbonyl (C=O) groups is 2. The standard InChI is InChI=1S/C13H20N4O3S/c1-8-7-16(3)4-5-17(8)13(20)14-6-10-15-9(2)11(21-10)12(18)19/h8H,4-7H2,1-3H3,(H,14,20)(H,18,19). The zero-order valence-corrected chi connectivity index (χ0v) is 13.2. The predicted octanol–water partition coefficient (Wildman–Crippen LogP) is 0.995. The first kappa shape index (κ1) is 15.7. The molecule has 1 fully saturated rings. The van der Waals surface area contributed by atoms with Gasteiger partial charge in [-0.3, -0.25) is 0 Å². The number of carbonyl (C=O) groups excluding carboxylic acids is 1. The van der Waals surface area contributed by atoms with Crippen LogP contribution in [0.4, 0.5) is 4.79 Å². The fourth-order valence-electron chi connectivity index (χ4n) is 2.42. The Morgan fingerprint density at radius 2 is 2.19 bits per heavy atom. The minimum Gasteiger partial charge on any atom is -0.477 e. The third-order valence-electron chi connectivity index (χ3n) is 3.52. The molecule has 2 amide bonds. The van der Waals surface area contributed by atoms with Crippen molar-refractivity contribution in [1.82, 2.24) is 20.1 Å². The van der Waals surface area contributed by atoms with E-state index in [1.54, 1.807) is 11.8 Å². The second-order valence-corrected chi connectivity index (χ2v) is 6.37. The van der Waals surface area contributed by atoms with Crippen LogP contribution in [0.25, 0.3) is 0 Å². The molecule has 1 aromatic rings. The zero-order chi connectivity index (χ0) is 15.6. The van der Waals surface area contributed by atoms with E-state index >= 15 is 0 Å². The minimum atomic E-state index is -0.977. The maximum absolute atomic E-state index is 12.2. The Bertz CT molecular complexity index is 546. The smallest absolute Gasteiger partial charge is 0.347 e. The van der Waals surface area contributed by atoms with Crippen LogP contribution >= 0.6 is 11.3 Å². The molecule has 2 rings (SSSR count).